The third kappa shape index (κ3) is 3.74. The molecule has 0 aromatic heterocycles. The molecule has 50 valence electrons. The molecule has 0 aromatic carbocycles. The number of hydrogen-bond acceptors (Lipinski definition) is 1. The molecule has 0 aliphatic carbocycles. The van der Waals surface area contributed by atoms with Gasteiger partial charge in [0.05, 0.1) is 11.6 Å². The Kier molecular flexibility index (Phi) is 5.18. The maximum Gasteiger partial charge on any atom is 0.129 e. The second-order valence-corrected chi connectivity index (χ2v) is 1.76. The predicted molar refractivity (Wildman–Crippen MR) is 46.2 cm³/mol. The van der Waals surface area contributed by atoms with E-state index in [0.29, 0.717) is 5.57 Å². The van der Waals surface area contributed by atoms with E-state index in [0.717, 1.165) is 0 Å². The lowest BCUT2D eigenvalue weighted by atomic mass is 10.1. The van der Waals surface area contributed by atoms with Gasteiger partial charge < -0.3 is 0 Å². The molecular weight excluding hydrogens is 121 g/mol. The van der Waals surface area contributed by atoms with E-state index in [4.69, 9.17) is 5.26 Å². The van der Waals surface area contributed by atoms with Gasteiger partial charge in [0.15, 0.2) is 0 Å². The molecular formula is C8H10BN. The Hall–Kier alpha value is -1.23. The lowest BCUT2D eigenvalue weighted by Crippen LogP contribution is -1.68. The summed E-state index contributed by atoms with van der Waals surface area (Å²) in [6.07, 6.45) is 7.29. The van der Waals surface area contributed by atoms with Gasteiger partial charge in [0.25, 0.3) is 0 Å². The van der Waals surface area contributed by atoms with Crippen LogP contribution >= 0.6 is 0 Å². The van der Waals surface area contributed by atoms with Crippen molar-refractivity contribution in [1.29, 1.82) is 5.26 Å². The van der Waals surface area contributed by atoms with E-state index >= 15 is 0 Å². The van der Waals surface area contributed by atoms with Crippen LogP contribution < -0.4 is 0 Å². The maximum atomic E-state index is 8.48. The first kappa shape index (κ1) is 8.77. The monoisotopic (exact) mass is 131 g/mol. The molecule has 0 saturated carbocycles. The summed E-state index contributed by atoms with van der Waals surface area (Å²) in [5.74, 6) is 1.85. The molecule has 0 spiro atoms. The van der Waals surface area contributed by atoms with Crippen LogP contribution in [-0.4, -0.2) is 7.85 Å². The summed E-state index contributed by atoms with van der Waals surface area (Å²) in [6.45, 7) is 1.92. The van der Waals surface area contributed by atoms with Gasteiger partial charge >= 0.3 is 0 Å². The highest BCUT2D eigenvalue weighted by Gasteiger charge is 1.81. The van der Waals surface area contributed by atoms with Crippen molar-refractivity contribution in [3.05, 3.63) is 35.9 Å². The Bertz CT molecular complexity index is 206. The van der Waals surface area contributed by atoms with Gasteiger partial charge in [-0.05, 0) is 13.0 Å². The minimum absolute atomic E-state index is 0.681. The molecule has 0 N–H and O–H groups in total. The van der Waals surface area contributed by atoms with Crippen LogP contribution in [0.3, 0.4) is 0 Å². The molecule has 0 heterocycles. The molecule has 0 rings (SSSR count). The molecule has 1 nitrogen and oxygen atoms in total. The minimum atomic E-state index is 0.681. The quantitative estimate of drug-likeness (QED) is 0.313. The van der Waals surface area contributed by atoms with Crippen LogP contribution in [0, 0.1) is 11.3 Å². The van der Waals surface area contributed by atoms with Crippen molar-refractivity contribution >= 4 is 7.85 Å². The van der Waals surface area contributed by atoms with Gasteiger partial charge in [-0.15, -0.1) is 5.98 Å². The van der Waals surface area contributed by atoms with Crippen LogP contribution in [0.5, 0.6) is 0 Å². The van der Waals surface area contributed by atoms with Gasteiger partial charge in [0, 0.05) is 0 Å². The minimum Gasteiger partial charge on any atom is -0.192 e. The maximum absolute atomic E-state index is 8.48. The summed E-state index contributed by atoms with van der Waals surface area (Å²) < 4.78 is 0. The van der Waals surface area contributed by atoms with E-state index in [2.05, 4.69) is 6.07 Å². The number of nitrogens with zero attached hydrogens (tertiary/aromatic N) is 1. The summed E-state index contributed by atoms with van der Waals surface area (Å²) >= 11 is 0. The molecule has 0 aliphatic rings. The fourth-order valence-electron chi connectivity index (χ4n) is 0.510. The second-order valence-electron chi connectivity index (χ2n) is 1.76. The van der Waals surface area contributed by atoms with Crippen molar-refractivity contribution < 1.29 is 0 Å². The third-order valence-corrected chi connectivity index (χ3v) is 0.944. The number of allylic oxidation sites excluding steroid dienone is 5. The number of hydrogen-bond donors (Lipinski definition) is 0. The average molecular weight is 131 g/mol. The van der Waals surface area contributed by atoms with Gasteiger partial charge in [-0.25, -0.2) is 0 Å². The summed E-state index contributed by atoms with van der Waals surface area (Å²) in [5, 5.41) is 8.48. The van der Waals surface area contributed by atoms with Gasteiger partial charge in [-0.1, -0.05) is 18.2 Å². The van der Waals surface area contributed by atoms with Gasteiger partial charge in [-0.3, -0.25) is 0 Å². The fourth-order valence-corrected chi connectivity index (χ4v) is 0.510. The van der Waals surface area contributed by atoms with Gasteiger partial charge in [-0.2, -0.15) is 5.26 Å². The molecule has 0 aromatic rings. The van der Waals surface area contributed by atoms with E-state index in [9.17, 15) is 0 Å². The van der Waals surface area contributed by atoms with Crippen LogP contribution in [0.2, 0.25) is 0 Å². The van der Waals surface area contributed by atoms with Crippen LogP contribution in [-0.2, 0) is 0 Å². The summed E-state index contributed by atoms with van der Waals surface area (Å²) in [5.41, 5.74) is 0.681. The zero-order valence-electron chi connectivity index (χ0n) is 6.33. The van der Waals surface area contributed by atoms with Crippen LogP contribution in [0.15, 0.2) is 35.9 Å². The van der Waals surface area contributed by atoms with Gasteiger partial charge in [0.2, 0.25) is 0 Å². The lowest BCUT2D eigenvalue weighted by molar-refractivity contribution is 1.50. The first-order valence-electron chi connectivity index (χ1n) is 3.21. The fraction of sp³-hybridized carbons (Fsp3) is 0.125. The van der Waals surface area contributed by atoms with Crippen molar-refractivity contribution in [2.24, 2.45) is 0 Å². The van der Waals surface area contributed by atoms with E-state index < -0.39 is 0 Å². The highest BCUT2D eigenvalue weighted by molar-refractivity contribution is 6.17. The lowest BCUT2D eigenvalue weighted by Gasteiger charge is -1.80. The van der Waals surface area contributed by atoms with Crippen LogP contribution in [0.4, 0.5) is 0 Å². The first-order valence-corrected chi connectivity index (χ1v) is 3.21. The molecule has 10 heavy (non-hydrogen) atoms. The Balaban J connectivity index is 4.22. The molecule has 0 fully saturated rings. The molecule has 0 unspecified atom stereocenters. The number of nitriles is 1. The van der Waals surface area contributed by atoms with Crippen molar-refractivity contribution in [1.82, 2.24) is 0 Å². The molecule has 0 atom stereocenters. The van der Waals surface area contributed by atoms with Crippen molar-refractivity contribution in [2.45, 2.75) is 6.92 Å². The zero-order chi connectivity index (χ0) is 7.82. The van der Waals surface area contributed by atoms with E-state index in [1.165, 1.54) is 0 Å². The second kappa shape index (κ2) is 5.90. The van der Waals surface area contributed by atoms with E-state index in [1.54, 1.807) is 12.2 Å². The SMILES string of the molecule is B/C=C/C(C#N)=C\C=C/C. The van der Waals surface area contributed by atoms with E-state index in [-0.39, 0.29) is 0 Å². The highest BCUT2D eigenvalue weighted by Crippen LogP contribution is 1.93. The molecule has 2 heteroatoms. The summed E-state index contributed by atoms with van der Waals surface area (Å²) in [7, 11) is 1.89. The molecule has 0 amide bonds. The highest BCUT2D eigenvalue weighted by atomic mass is 14.2. The number of rotatable bonds is 2. The largest absolute Gasteiger partial charge is 0.192 e. The first-order chi connectivity index (χ1) is 4.85. The third-order valence-electron chi connectivity index (χ3n) is 0.944. The normalized spacial score (nSPS) is 12.6. The molecule has 0 bridgehead atoms. The predicted octanol–water partition coefficient (Wildman–Crippen LogP) is 1.16. The van der Waals surface area contributed by atoms with Crippen molar-refractivity contribution in [2.75, 3.05) is 0 Å². The Morgan fingerprint density at radius 1 is 1.60 bits per heavy atom. The van der Waals surface area contributed by atoms with Gasteiger partial charge in [0.1, 0.15) is 7.85 Å². The van der Waals surface area contributed by atoms with Crippen LogP contribution in [0.1, 0.15) is 6.92 Å². The summed E-state index contributed by atoms with van der Waals surface area (Å²) in [4.78, 5) is 0. The Labute approximate surface area is 62.8 Å². The zero-order valence-corrected chi connectivity index (χ0v) is 6.33. The Morgan fingerprint density at radius 3 is 2.70 bits per heavy atom. The molecule has 0 saturated heterocycles. The average Bonchev–Trinajstić information content (AvgIpc) is 1.98. The van der Waals surface area contributed by atoms with Crippen molar-refractivity contribution in [3.8, 4) is 6.07 Å². The van der Waals surface area contributed by atoms with Crippen LogP contribution in [0.25, 0.3) is 0 Å². The molecule has 0 aliphatic heterocycles. The molecule has 0 radical (unpaired) electrons. The van der Waals surface area contributed by atoms with E-state index in [1.807, 2.05) is 32.9 Å². The summed E-state index contributed by atoms with van der Waals surface area (Å²) in [6, 6.07) is 2.06. The Morgan fingerprint density at radius 2 is 2.30 bits per heavy atom. The topological polar surface area (TPSA) is 23.8 Å². The van der Waals surface area contributed by atoms with Crippen molar-refractivity contribution in [3.63, 3.8) is 0 Å². The standard InChI is InChI=1S/C8H10BN/c1-2-3-4-8(7-10)5-6-9/h2-6H,9H2,1H3/b3-2-,6-5+,8-4+. The smallest absolute Gasteiger partial charge is 0.129 e.